The minimum atomic E-state index is -0.433. The summed E-state index contributed by atoms with van der Waals surface area (Å²) in [5, 5.41) is 11.4. The molecule has 0 fully saturated rings. The van der Waals surface area contributed by atoms with Crippen molar-refractivity contribution in [1.29, 1.82) is 0 Å². The van der Waals surface area contributed by atoms with Crippen LogP contribution in [0.15, 0.2) is 133 Å². The van der Waals surface area contributed by atoms with Crippen molar-refractivity contribution < 1.29 is 19.1 Å². The van der Waals surface area contributed by atoms with Crippen LogP contribution in [0.5, 0.6) is 28.7 Å². The second-order valence-corrected chi connectivity index (χ2v) is 12.8. The minimum absolute atomic E-state index is 0.0261. The molecule has 10 nitrogen and oxygen atoms in total. The second-order valence-electron chi connectivity index (χ2n) is 12.8. The Kier molecular flexibility index (Phi) is 8.44. The Bertz CT molecular complexity index is 2670. The van der Waals surface area contributed by atoms with E-state index >= 15 is 0 Å². The Labute approximate surface area is 314 Å². The lowest BCUT2D eigenvalue weighted by Gasteiger charge is -2.09. The molecule has 0 unspecified atom stereocenters. The van der Waals surface area contributed by atoms with E-state index in [0.717, 1.165) is 50.4 Å². The van der Waals surface area contributed by atoms with E-state index in [1.54, 1.807) is 19.2 Å². The largest absolute Gasteiger partial charge is 0.497 e. The SMILES string of the molecule is COc1ccc(Oc2c3nc(c(-c4ccccc4)c4ccc([nH]4)c(Oc4ccc([N+](=O)[O-])cc4)c4ccc([nH]4)c(-c4ccccc4)c4nc2C=C4)C=C3)cc1. The number of H-pyrrole nitrogens is 2. The molecule has 55 heavy (non-hydrogen) atoms. The molecular formula is C45H31N5O5. The number of nitro groups is 1. The zero-order valence-electron chi connectivity index (χ0n) is 29.4. The van der Waals surface area contributed by atoms with Gasteiger partial charge in [0.25, 0.3) is 5.69 Å². The molecule has 0 saturated heterocycles. The van der Waals surface area contributed by atoms with Gasteiger partial charge in [-0.1, -0.05) is 60.7 Å². The van der Waals surface area contributed by atoms with Crippen molar-refractivity contribution >= 4 is 52.1 Å². The van der Waals surface area contributed by atoms with Crippen LogP contribution < -0.4 is 14.2 Å². The number of methoxy groups -OCH3 is 1. The number of hydrogen-bond acceptors (Lipinski definition) is 7. The highest BCUT2D eigenvalue weighted by Crippen LogP contribution is 2.39. The molecule has 4 aromatic carbocycles. The van der Waals surface area contributed by atoms with Gasteiger partial charge in [-0.3, -0.25) is 10.1 Å². The van der Waals surface area contributed by atoms with Crippen molar-refractivity contribution in [3.63, 3.8) is 0 Å². The summed E-state index contributed by atoms with van der Waals surface area (Å²) in [6, 6.07) is 41.5. The van der Waals surface area contributed by atoms with Crippen LogP contribution in [0.3, 0.4) is 0 Å². The summed E-state index contributed by atoms with van der Waals surface area (Å²) in [7, 11) is 1.63. The Morgan fingerprint density at radius 1 is 0.491 bits per heavy atom. The van der Waals surface area contributed by atoms with Gasteiger partial charge >= 0.3 is 0 Å². The lowest BCUT2D eigenvalue weighted by atomic mass is 10.0. The van der Waals surface area contributed by atoms with Crippen LogP contribution in [0.25, 0.3) is 68.6 Å². The molecule has 5 heterocycles. The second kappa shape index (κ2) is 14.0. The molecule has 7 aromatic rings. The summed E-state index contributed by atoms with van der Waals surface area (Å²) >= 11 is 0. The standard InChI is InChI=1S/C45H31N5O5/c1-53-31-16-18-33(19-17-31)55-45-40-26-22-36(48-40)42(28-8-4-2-5-9-28)34-20-24-38(46-34)44(54-32-14-12-30(13-15-32)50(51)52)39-25-21-35(47-39)43(29-10-6-3-7-11-29)37-23-27-41(45)49-37/h2-27,46-47H,1H3. The maximum atomic E-state index is 11.4. The Morgan fingerprint density at radius 3 is 1.38 bits per heavy atom. The number of hydrogen-bond donors (Lipinski definition) is 2. The van der Waals surface area contributed by atoms with Crippen LogP contribution in [-0.4, -0.2) is 32.0 Å². The molecule has 9 rings (SSSR count). The van der Waals surface area contributed by atoms with Crippen LogP contribution in [0, 0.1) is 10.1 Å². The molecule has 0 amide bonds. The third-order valence-electron chi connectivity index (χ3n) is 9.33. The van der Waals surface area contributed by atoms with Gasteiger partial charge in [-0.2, -0.15) is 0 Å². The fourth-order valence-corrected chi connectivity index (χ4v) is 6.70. The van der Waals surface area contributed by atoms with Crippen LogP contribution in [0.4, 0.5) is 5.69 Å². The number of benzene rings is 4. The summed E-state index contributed by atoms with van der Waals surface area (Å²) in [6.45, 7) is 0. The Hall–Kier alpha value is -7.72. The van der Waals surface area contributed by atoms with Gasteiger partial charge in [0.15, 0.2) is 11.5 Å². The van der Waals surface area contributed by atoms with Gasteiger partial charge in [0.1, 0.15) is 28.6 Å². The average molecular weight is 722 g/mol. The van der Waals surface area contributed by atoms with Gasteiger partial charge < -0.3 is 24.2 Å². The van der Waals surface area contributed by atoms with Gasteiger partial charge in [-0.25, -0.2) is 9.97 Å². The predicted octanol–water partition coefficient (Wildman–Crippen LogP) is 11.5. The highest BCUT2D eigenvalue weighted by molar-refractivity contribution is 5.95. The fourth-order valence-electron chi connectivity index (χ4n) is 6.70. The smallest absolute Gasteiger partial charge is 0.269 e. The normalized spacial score (nSPS) is 11.7. The lowest BCUT2D eigenvalue weighted by Crippen LogP contribution is -1.93. The predicted molar refractivity (Wildman–Crippen MR) is 216 cm³/mol. The van der Waals surface area contributed by atoms with E-state index in [9.17, 15) is 10.1 Å². The maximum Gasteiger partial charge on any atom is 0.269 e. The monoisotopic (exact) mass is 721 g/mol. The molecule has 0 aliphatic carbocycles. The number of rotatable bonds is 8. The van der Waals surface area contributed by atoms with Crippen LogP contribution >= 0.6 is 0 Å². The van der Waals surface area contributed by atoms with Gasteiger partial charge in [0.05, 0.1) is 34.5 Å². The van der Waals surface area contributed by atoms with Crippen LogP contribution in [-0.2, 0) is 0 Å². The average Bonchev–Trinajstić information content (AvgIpc) is 4.07. The fraction of sp³-hybridized carbons (Fsp3) is 0.0222. The molecule has 2 aliphatic rings. The highest BCUT2D eigenvalue weighted by atomic mass is 16.6. The molecule has 2 aliphatic heterocycles. The molecule has 8 bridgehead atoms. The van der Waals surface area contributed by atoms with Gasteiger partial charge in [0, 0.05) is 34.3 Å². The van der Waals surface area contributed by atoms with Crippen LogP contribution in [0.1, 0.15) is 22.8 Å². The van der Waals surface area contributed by atoms with E-state index in [0.29, 0.717) is 45.4 Å². The molecule has 266 valence electrons. The van der Waals surface area contributed by atoms with Crippen molar-refractivity contribution in [2.75, 3.05) is 7.11 Å². The van der Waals surface area contributed by atoms with E-state index in [2.05, 4.69) is 9.97 Å². The van der Waals surface area contributed by atoms with Crippen molar-refractivity contribution in [2.45, 2.75) is 0 Å². The maximum absolute atomic E-state index is 11.4. The summed E-state index contributed by atoms with van der Waals surface area (Å²) in [6.07, 6.45) is 7.85. The molecule has 0 saturated carbocycles. The van der Waals surface area contributed by atoms with Gasteiger partial charge in [-0.15, -0.1) is 0 Å². The molecule has 0 atom stereocenters. The van der Waals surface area contributed by atoms with Crippen molar-refractivity contribution in [3.05, 3.63) is 166 Å². The first kappa shape index (κ1) is 33.1. The van der Waals surface area contributed by atoms with Crippen molar-refractivity contribution in [3.8, 4) is 51.0 Å². The number of nitrogens with one attached hydrogen (secondary N) is 2. The number of fused-ring (bicyclic) bond motifs is 8. The Balaban J connectivity index is 1.37. The topological polar surface area (TPSA) is 128 Å². The van der Waals surface area contributed by atoms with Crippen molar-refractivity contribution in [2.24, 2.45) is 0 Å². The molecule has 0 radical (unpaired) electrons. The van der Waals surface area contributed by atoms with Crippen molar-refractivity contribution in [1.82, 2.24) is 19.9 Å². The summed E-state index contributed by atoms with van der Waals surface area (Å²) in [4.78, 5) is 28.6. The molecule has 3 aromatic heterocycles. The summed E-state index contributed by atoms with van der Waals surface area (Å²) in [5.41, 5.74) is 9.25. The first-order valence-electron chi connectivity index (χ1n) is 17.5. The van der Waals surface area contributed by atoms with E-state index in [1.165, 1.54) is 12.1 Å². The minimum Gasteiger partial charge on any atom is -0.497 e. The highest BCUT2D eigenvalue weighted by Gasteiger charge is 2.20. The molecule has 2 N–H and O–H groups in total. The lowest BCUT2D eigenvalue weighted by molar-refractivity contribution is -0.384. The van der Waals surface area contributed by atoms with E-state index in [4.69, 9.17) is 24.2 Å². The van der Waals surface area contributed by atoms with E-state index in [1.807, 2.05) is 133 Å². The van der Waals surface area contributed by atoms with E-state index < -0.39 is 4.92 Å². The number of aromatic nitrogens is 4. The molecule has 0 spiro atoms. The number of nitro benzene ring substituents is 1. The Morgan fingerprint density at radius 2 is 0.909 bits per heavy atom. The molecule has 10 heteroatoms. The quantitative estimate of drug-likeness (QED) is 0.118. The third kappa shape index (κ3) is 6.49. The zero-order chi connectivity index (χ0) is 37.3. The summed E-state index contributed by atoms with van der Waals surface area (Å²) < 4.78 is 18.6. The third-order valence-corrected chi connectivity index (χ3v) is 9.33. The number of non-ortho nitro benzene ring substituents is 1. The van der Waals surface area contributed by atoms with Gasteiger partial charge in [-0.05, 0) is 96.1 Å². The first-order chi connectivity index (χ1) is 27.0. The first-order valence-corrected chi connectivity index (χ1v) is 17.5. The summed E-state index contributed by atoms with van der Waals surface area (Å²) in [5.74, 6) is 2.76. The number of nitrogens with zero attached hydrogens (tertiary/aromatic N) is 3. The van der Waals surface area contributed by atoms with E-state index in [-0.39, 0.29) is 5.69 Å². The number of ether oxygens (including phenoxy) is 3. The van der Waals surface area contributed by atoms with Crippen LogP contribution in [0.2, 0.25) is 0 Å². The van der Waals surface area contributed by atoms with Gasteiger partial charge in [0.2, 0.25) is 0 Å². The molecular weight excluding hydrogens is 691 g/mol. The number of aromatic amines is 2. The zero-order valence-corrected chi connectivity index (χ0v) is 29.4.